The van der Waals surface area contributed by atoms with Crippen molar-refractivity contribution < 1.29 is 4.39 Å². The van der Waals surface area contributed by atoms with E-state index in [2.05, 4.69) is 25.7 Å². The SMILES string of the molecule is Cn1ncc2c(NC3CCCCC3)nc(Nc3cccc(F)c3)nc21. The molecule has 0 atom stereocenters. The van der Waals surface area contributed by atoms with Gasteiger partial charge < -0.3 is 10.6 Å². The number of nitrogens with zero attached hydrogens (tertiary/aromatic N) is 4. The summed E-state index contributed by atoms with van der Waals surface area (Å²) < 4.78 is 15.1. The second-order valence-electron chi connectivity index (χ2n) is 6.52. The van der Waals surface area contributed by atoms with Gasteiger partial charge in [0, 0.05) is 18.8 Å². The molecule has 130 valence electrons. The van der Waals surface area contributed by atoms with Gasteiger partial charge in [-0.05, 0) is 31.0 Å². The Morgan fingerprint density at radius 1 is 1.16 bits per heavy atom. The second kappa shape index (κ2) is 6.66. The van der Waals surface area contributed by atoms with E-state index in [4.69, 9.17) is 0 Å². The van der Waals surface area contributed by atoms with Gasteiger partial charge in [0.25, 0.3) is 0 Å². The maximum absolute atomic E-state index is 13.4. The standard InChI is InChI=1S/C18H21FN6/c1-25-17-15(11-20-25)16(21-13-7-3-2-4-8-13)23-18(24-17)22-14-9-5-6-12(19)10-14/h5-6,9-11,13H,2-4,7-8H2,1H3,(H2,21,22,23,24). The van der Waals surface area contributed by atoms with Gasteiger partial charge >= 0.3 is 0 Å². The van der Waals surface area contributed by atoms with Gasteiger partial charge in [0.2, 0.25) is 5.95 Å². The van der Waals surface area contributed by atoms with Crippen molar-refractivity contribution in [2.45, 2.75) is 38.1 Å². The molecule has 1 saturated carbocycles. The molecular formula is C18H21FN6. The lowest BCUT2D eigenvalue weighted by molar-refractivity contribution is 0.462. The molecule has 6 nitrogen and oxygen atoms in total. The Labute approximate surface area is 145 Å². The molecule has 4 rings (SSSR count). The summed E-state index contributed by atoms with van der Waals surface area (Å²) in [6, 6.07) is 6.70. The summed E-state index contributed by atoms with van der Waals surface area (Å²) in [6.07, 6.45) is 7.88. The Kier molecular flexibility index (Phi) is 4.21. The number of fused-ring (bicyclic) bond motifs is 1. The van der Waals surface area contributed by atoms with Crippen molar-refractivity contribution in [2.75, 3.05) is 10.6 Å². The third-order valence-corrected chi connectivity index (χ3v) is 4.62. The lowest BCUT2D eigenvalue weighted by Crippen LogP contribution is -2.23. The van der Waals surface area contributed by atoms with Crippen LogP contribution >= 0.6 is 0 Å². The Balaban J connectivity index is 1.68. The fourth-order valence-corrected chi connectivity index (χ4v) is 3.32. The molecular weight excluding hydrogens is 319 g/mol. The molecule has 0 bridgehead atoms. The highest BCUT2D eigenvalue weighted by Crippen LogP contribution is 2.27. The average molecular weight is 340 g/mol. The molecule has 0 saturated heterocycles. The number of aryl methyl sites for hydroxylation is 1. The molecule has 2 N–H and O–H groups in total. The molecule has 0 aliphatic heterocycles. The first-order valence-corrected chi connectivity index (χ1v) is 8.68. The second-order valence-corrected chi connectivity index (χ2v) is 6.52. The van der Waals surface area contributed by atoms with Crippen molar-refractivity contribution in [1.29, 1.82) is 0 Å². The van der Waals surface area contributed by atoms with Crippen LogP contribution in [-0.2, 0) is 7.05 Å². The highest BCUT2D eigenvalue weighted by atomic mass is 19.1. The minimum atomic E-state index is -0.299. The lowest BCUT2D eigenvalue weighted by atomic mass is 9.95. The van der Waals surface area contributed by atoms with Gasteiger partial charge in [-0.25, -0.2) is 4.39 Å². The third-order valence-electron chi connectivity index (χ3n) is 4.62. The number of nitrogens with one attached hydrogen (secondary N) is 2. The maximum Gasteiger partial charge on any atom is 0.231 e. The van der Waals surface area contributed by atoms with Crippen LogP contribution in [0.15, 0.2) is 30.5 Å². The van der Waals surface area contributed by atoms with Crippen LogP contribution in [0.4, 0.5) is 21.8 Å². The van der Waals surface area contributed by atoms with Crippen LogP contribution in [0.1, 0.15) is 32.1 Å². The molecule has 2 heterocycles. The number of benzene rings is 1. The van der Waals surface area contributed by atoms with Crippen LogP contribution in [-0.4, -0.2) is 25.8 Å². The van der Waals surface area contributed by atoms with Crippen molar-refractivity contribution >= 4 is 28.5 Å². The highest BCUT2D eigenvalue weighted by molar-refractivity contribution is 5.87. The maximum atomic E-state index is 13.4. The molecule has 2 aromatic heterocycles. The third kappa shape index (κ3) is 3.40. The normalized spacial score (nSPS) is 15.4. The molecule has 0 amide bonds. The van der Waals surface area contributed by atoms with Crippen molar-refractivity contribution in [2.24, 2.45) is 7.05 Å². The molecule has 7 heteroatoms. The zero-order valence-electron chi connectivity index (χ0n) is 14.2. The number of halogens is 1. The zero-order valence-corrected chi connectivity index (χ0v) is 14.2. The van der Waals surface area contributed by atoms with E-state index < -0.39 is 0 Å². The Morgan fingerprint density at radius 3 is 2.80 bits per heavy atom. The first-order chi connectivity index (χ1) is 12.2. The van der Waals surface area contributed by atoms with Crippen LogP contribution in [0.3, 0.4) is 0 Å². The summed E-state index contributed by atoms with van der Waals surface area (Å²) in [5, 5.41) is 11.8. The average Bonchev–Trinajstić information content (AvgIpc) is 2.97. The molecule has 3 aromatic rings. The number of hydrogen-bond acceptors (Lipinski definition) is 5. The fraction of sp³-hybridized carbons (Fsp3) is 0.389. The van der Waals surface area contributed by atoms with Crippen molar-refractivity contribution in [1.82, 2.24) is 19.7 Å². The van der Waals surface area contributed by atoms with E-state index in [1.165, 1.54) is 31.4 Å². The van der Waals surface area contributed by atoms with Gasteiger partial charge in [-0.15, -0.1) is 0 Å². The summed E-state index contributed by atoms with van der Waals surface area (Å²) in [6.45, 7) is 0. The van der Waals surface area contributed by atoms with Gasteiger partial charge in [0.15, 0.2) is 5.65 Å². The molecule has 25 heavy (non-hydrogen) atoms. The minimum absolute atomic E-state index is 0.299. The van der Waals surface area contributed by atoms with Gasteiger partial charge in [0.1, 0.15) is 11.6 Å². The van der Waals surface area contributed by atoms with E-state index in [0.717, 1.165) is 29.7 Å². The first-order valence-electron chi connectivity index (χ1n) is 8.68. The molecule has 1 fully saturated rings. The van der Waals surface area contributed by atoms with E-state index in [-0.39, 0.29) is 5.82 Å². The molecule has 1 aliphatic carbocycles. The summed E-state index contributed by atoms with van der Waals surface area (Å²) in [4.78, 5) is 9.15. The summed E-state index contributed by atoms with van der Waals surface area (Å²) >= 11 is 0. The monoisotopic (exact) mass is 340 g/mol. The minimum Gasteiger partial charge on any atom is -0.367 e. The quantitative estimate of drug-likeness (QED) is 0.752. The Bertz CT molecular complexity index is 884. The zero-order chi connectivity index (χ0) is 17.2. The number of hydrogen-bond donors (Lipinski definition) is 2. The van der Waals surface area contributed by atoms with E-state index in [1.807, 2.05) is 7.05 Å². The molecule has 1 aromatic carbocycles. The van der Waals surface area contributed by atoms with Gasteiger partial charge in [0.05, 0.1) is 11.6 Å². The number of anilines is 3. The summed E-state index contributed by atoms with van der Waals surface area (Å²) in [7, 11) is 1.85. The van der Waals surface area contributed by atoms with Gasteiger partial charge in [-0.1, -0.05) is 25.3 Å². The largest absolute Gasteiger partial charge is 0.367 e. The molecule has 0 unspecified atom stereocenters. The van der Waals surface area contributed by atoms with Crippen LogP contribution < -0.4 is 10.6 Å². The molecule has 1 aliphatic rings. The predicted octanol–water partition coefficient (Wildman–Crippen LogP) is 3.99. The van der Waals surface area contributed by atoms with Gasteiger partial charge in [-0.2, -0.15) is 15.1 Å². The van der Waals surface area contributed by atoms with E-state index in [1.54, 1.807) is 23.0 Å². The van der Waals surface area contributed by atoms with Crippen LogP contribution in [0.2, 0.25) is 0 Å². The smallest absolute Gasteiger partial charge is 0.231 e. The van der Waals surface area contributed by atoms with Gasteiger partial charge in [-0.3, -0.25) is 4.68 Å². The Morgan fingerprint density at radius 2 is 2.00 bits per heavy atom. The first kappa shape index (κ1) is 15.8. The van der Waals surface area contributed by atoms with Crippen LogP contribution in [0, 0.1) is 5.82 Å². The van der Waals surface area contributed by atoms with Crippen molar-refractivity contribution in [3.63, 3.8) is 0 Å². The van der Waals surface area contributed by atoms with E-state index in [0.29, 0.717) is 17.7 Å². The highest BCUT2D eigenvalue weighted by Gasteiger charge is 2.17. The Hall–Kier alpha value is -2.70. The van der Waals surface area contributed by atoms with E-state index >= 15 is 0 Å². The fourth-order valence-electron chi connectivity index (χ4n) is 3.32. The lowest BCUT2D eigenvalue weighted by Gasteiger charge is -2.23. The summed E-state index contributed by atoms with van der Waals surface area (Å²) in [5.41, 5.74) is 1.36. The van der Waals surface area contributed by atoms with Crippen LogP contribution in [0.5, 0.6) is 0 Å². The topological polar surface area (TPSA) is 67.7 Å². The van der Waals surface area contributed by atoms with Crippen molar-refractivity contribution in [3.8, 4) is 0 Å². The van der Waals surface area contributed by atoms with Crippen LogP contribution in [0.25, 0.3) is 11.0 Å². The molecule has 0 spiro atoms. The van der Waals surface area contributed by atoms with Crippen molar-refractivity contribution in [3.05, 3.63) is 36.3 Å². The van der Waals surface area contributed by atoms with E-state index in [9.17, 15) is 4.39 Å². The number of aromatic nitrogens is 4. The predicted molar refractivity (Wildman–Crippen MR) is 96.5 cm³/mol. The number of rotatable bonds is 4. The summed E-state index contributed by atoms with van der Waals surface area (Å²) in [5.74, 6) is 0.913. The molecule has 0 radical (unpaired) electrons.